The Morgan fingerprint density at radius 2 is 2.41 bits per heavy atom. The fourth-order valence-corrected chi connectivity index (χ4v) is 4.71. The van der Waals surface area contributed by atoms with E-state index in [1.54, 1.807) is 23.1 Å². The number of thioether (sulfide) groups is 1. The maximum Gasteiger partial charge on any atom is 0.259 e. The third-order valence-corrected chi connectivity index (χ3v) is 5.98. The summed E-state index contributed by atoms with van der Waals surface area (Å²) in [5.74, 6) is -0.0906. The van der Waals surface area contributed by atoms with Gasteiger partial charge in [0.1, 0.15) is 0 Å². The fraction of sp³-hybridized carbons (Fsp3) is 0.545. The van der Waals surface area contributed by atoms with Gasteiger partial charge in [-0.15, -0.1) is 11.3 Å². The van der Waals surface area contributed by atoms with E-state index in [-0.39, 0.29) is 5.91 Å². The first-order chi connectivity index (χ1) is 8.03. The van der Waals surface area contributed by atoms with E-state index < -0.39 is 4.75 Å². The van der Waals surface area contributed by atoms with Crippen LogP contribution in [-0.2, 0) is 9.63 Å². The molecule has 1 rings (SSSR count). The molecule has 0 aliphatic rings. The molecule has 0 spiro atoms. The Balaban J connectivity index is 2.84. The highest BCUT2D eigenvalue weighted by atomic mass is 79.9. The molecule has 96 valence electrons. The molecule has 0 saturated heterocycles. The van der Waals surface area contributed by atoms with Crippen LogP contribution in [0.15, 0.2) is 20.1 Å². The Hall–Kier alpha value is -0.0400. The maximum atomic E-state index is 12.0. The molecule has 1 unspecified atom stereocenters. The Bertz CT molecular complexity index is 383. The number of hydroxylamine groups is 1. The zero-order valence-electron chi connectivity index (χ0n) is 10.1. The summed E-state index contributed by atoms with van der Waals surface area (Å²) >= 11 is 6.69. The van der Waals surface area contributed by atoms with Crippen molar-refractivity contribution in [2.24, 2.45) is 0 Å². The van der Waals surface area contributed by atoms with Crippen molar-refractivity contribution in [2.45, 2.75) is 35.6 Å². The molecule has 1 aromatic heterocycles. The van der Waals surface area contributed by atoms with Crippen LogP contribution in [0.1, 0.15) is 26.7 Å². The van der Waals surface area contributed by atoms with Crippen LogP contribution in [0.25, 0.3) is 0 Å². The van der Waals surface area contributed by atoms with Gasteiger partial charge in [0.2, 0.25) is 0 Å². The molecular weight excluding hydrogens is 322 g/mol. The van der Waals surface area contributed by atoms with E-state index in [1.165, 1.54) is 7.11 Å². The van der Waals surface area contributed by atoms with Crippen molar-refractivity contribution in [1.82, 2.24) is 5.48 Å². The molecule has 6 heteroatoms. The monoisotopic (exact) mass is 337 g/mol. The molecule has 0 saturated carbocycles. The predicted molar refractivity (Wildman–Crippen MR) is 76.3 cm³/mol. The standard InChI is InChI=1S/C11H16BrNO2S2/c1-4-6-11(2,10(14)13-15-3)17-9-8(12)5-7-16-9/h5,7H,4,6H2,1-3H3,(H,13,14). The summed E-state index contributed by atoms with van der Waals surface area (Å²) in [5.41, 5.74) is 2.43. The zero-order chi connectivity index (χ0) is 12.9. The molecule has 0 fully saturated rings. The summed E-state index contributed by atoms with van der Waals surface area (Å²) in [7, 11) is 1.45. The van der Waals surface area contributed by atoms with Crippen molar-refractivity contribution in [3.8, 4) is 0 Å². The molecule has 1 heterocycles. The molecule has 3 nitrogen and oxygen atoms in total. The molecule has 0 aliphatic heterocycles. The summed E-state index contributed by atoms with van der Waals surface area (Å²) in [6.45, 7) is 4.02. The smallest absolute Gasteiger partial charge is 0.259 e. The van der Waals surface area contributed by atoms with Gasteiger partial charge in [0, 0.05) is 4.47 Å². The molecule has 1 aromatic rings. The highest BCUT2D eigenvalue weighted by Gasteiger charge is 2.34. The molecule has 1 atom stereocenters. The number of halogens is 1. The Kier molecular flexibility index (Phi) is 5.99. The Labute approximate surface area is 118 Å². The van der Waals surface area contributed by atoms with Crippen LogP contribution in [0.2, 0.25) is 0 Å². The summed E-state index contributed by atoms with van der Waals surface area (Å²) in [6.07, 6.45) is 1.75. The number of carbonyl (C=O) groups excluding carboxylic acids is 1. The van der Waals surface area contributed by atoms with Gasteiger partial charge in [0.25, 0.3) is 5.91 Å². The lowest BCUT2D eigenvalue weighted by atomic mass is 10.1. The van der Waals surface area contributed by atoms with Gasteiger partial charge in [0.05, 0.1) is 16.1 Å². The highest BCUT2D eigenvalue weighted by Crippen LogP contribution is 2.42. The summed E-state index contributed by atoms with van der Waals surface area (Å²) in [5, 5.41) is 2.01. The topological polar surface area (TPSA) is 38.3 Å². The maximum absolute atomic E-state index is 12.0. The lowest BCUT2D eigenvalue weighted by Crippen LogP contribution is -2.41. The number of thiophene rings is 1. The molecule has 0 bridgehead atoms. The van der Waals surface area contributed by atoms with E-state index in [0.29, 0.717) is 0 Å². The van der Waals surface area contributed by atoms with Crippen LogP contribution >= 0.6 is 39.0 Å². The molecule has 0 radical (unpaired) electrons. The van der Waals surface area contributed by atoms with E-state index in [4.69, 9.17) is 4.84 Å². The van der Waals surface area contributed by atoms with Crippen LogP contribution in [0.3, 0.4) is 0 Å². The minimum Gasteiger partial charge on any atom is -0.277 e. The highest BCUT2D eigenvalue weighted by molar-refractivity contribution is 9.10. The van der Waals surface area contributed by atoms with Gasteiger partial charge in [-0.1, -0.05) is 25.1 Å². The minimum atomic E-state index is -0.502. The van der Waals surface area contributed by atoms with Crippen molar-refractivity contribution < 1.29 is 9.63 Å². The number of hydrogen-bond acceptors (Lipinski definition) is 4. The molecule has 1 N–H and O–H groups in total. The van der Waals surface area contributed by atoms with Gasteiger partial charge >= 0.3 is 0 Å². The fourth-order valence-electron chi connectivity index (χ4n) is 1.45. The average molecular weight is 338 g/mol. The first kappa shape index (κ1) is 15.0. The number of rotatable bonds is 6. The normalized spacial score (nSPS) is 14.4. The van der Waals surface area contributed by atoms with Crippen molar-refractivity contribution >= 4 is 44.9 Å². The first-order valence-electron chi connectivity index (χ1n) is 5.29. The van der Waals surface area contributed by atoms with Gasteiger partial charge in [-0.2, -0.15) is 0 Å². The molecule has 0 aliphatic carbocycles. The van der Waals surface area contributed by atoms with Crippen LogP contribution in [0.5, 0.6) is 0 Å². The van der Waals surface area contributed by atoms with Crippen molar-refractivity contribution in [2.75, 3.05) is 7.11 Å². The Morgan fingerprint density at radius 3 is 2.88 bits per heavy atom. The van der Waals surface area contributed by atoms with E-state index in [1.807, 2.05) is 18.4 Å². The molecular formula is C11H16BrNO2S2. The van der Waals surface area contributed by atoms with E-state index in [0.717, 1.165) is 21.5 Å². The largest absolute Gasteiger partial charge is 0.277 e. The minimum absolute atomic E-state index is 0.0906. The van der Waals surface area contributed by atoms with Gasteiger partial charge in [-0.3, -0.25) is 9.63 Å². The van der Waals surface area contributed by atoms with Crippen LogP contribution in [-0.4, -0.2) is 17.8 Å². The van der Waals surface area contributed by atoms with Crippen LogP contribution in [0, 0.1) is 0 Å². The lowest BCUT2D eigenvalue weighted by molar-refractivity contribution is -0.133. The summed E-state index contributed by atoms with van der Waals surface area (Å²) in [6, 6.07) is 1.99. The predicted octanol–water partition coefficient (Wildman–Crippen LogP) is 3.84. The van der Waals surface area contributed by atoms with Crippen molar-refractivity contribution in [3.05, 3.63) is 15.9 Å². The van der Waals surface area contributed by atoms with Gasteiger partial charge in [-0.05, 0) is 40.7 Å². The van der Waals surface area contributed by atoms with Crippen molar-refractivity contribution in [3.63, 3.8) is 0 Å². The number of amides is 1. The average Bonchev–Trinajstić information content (AvgIpc) is 2.65. The molecule has 17 heavy (non-hydrogen) atoms. The SMILES string of the molecule is CCCC(C)(Sc1sccc1Br)C(=O)NOC. The van der Waals surface area contributed by atoms with Crippen molar-refractivity contribution in [1.29, 1.82) is 0 Å². The van der Waals surface area contributed by atoms with Gasteiger partial charge in [-0.25, -0.2) is 5.48 Å². The Morgan fingerprint density at radius 1 is 1.71 bits per heavy atom. The van der Waals surface area contributed by atoms with Gasteiger partial charge < -0.3 is 0 Å². The second-order valence-corrected chi connectivity index (χ2v) is 7.32. The quantitative estimate of drug-likeness (QED) is 0.633. The van der Waals surface area contributed by atoms with E-state index in [2.05, 4.69) is 28.3 Å². The zero-order valence-corrected chi connectivity index (χ0v) is 13.3. The third kappa shape index (κ3) is 3.98. The molecule has 0 aromatic carbocycles. The summed E-state index contributed by atoms with van der Waals surface area (Å²) < 4.78 is 1.66. The third-order valence-electron chi connectivity index (χ3n) is 2.30. The number of carbonyl (C=O) groups is 1. The summed E-state index contributed by atoms with van der Waals surface area (Å²) in [4.78, 5) is 16.7. The number of hydrogen-bond donors (Lipinski definition) is 1. The first-order valence-corrected chi connectivity index (χ1v) is 7.78. The second kappa shape index (κ2) is 6.78. The van der Waals surface area contributed by atoms with E-state index >= 15 is 0 Å². The lowest BCUT2D eigenvalue weighted by Gasteiger charge is -2.26. The van der Waals surface area contributed by atoms with Gasteiger partial charge in [0.15, 0.2) is 0 Å². The number of nitrogens with one attached hydrogen (secondary N) is 1. The van der Waals surface area contributed by atoms with Crippen LogP contribution in [0.4, 0.5) is 0 Å². The molecule has 1 amide bonds. The van der Waals surface area contributed by atoms with E-state index in [9.17, 15) is 4.79 Å². The second-order valence-electron chi connectivity index (χ2n) is 3.77. The van der Waals surface area contributed by atoms with Crippen LogP contribution < -0.4 is 5.48 Å².